The number of aromatic nitrogens is 1. The number of hydrogen-bond donors (Lipinski definition) is 1. The fraction of sp³-hybridized carbons (Fsp3) is 0.308. The van der Waals surface area contributed by atoms with Crippen molar-refractivity contribution >= 4 is 30.7 Å². The smallest absolute Gasteiger partial charge is 0.255 e. The Morgan fingerprint density at radius 3 is 2.50 bits per heavy atom. The summed E-state index contributed by atoms with van der Waals surface area (Å²) >= 11 is 0. The van der Waals surface area contributed by atoms with Crippen molar-refractivity contribution in [2.45, 2.75) is 25.8 Å². The van der Waals surface area contributed by atoms with Crippen LogP contribution < -0.4 is 15.7 Å². The van der Waals surface area contributed by atoms with Crippen LogP contribution in [0.25, 0.3) is 11.1 Å². The molecular formula is C26H29BN4O. The fourth-order valence-electron chi connectivity index (χ4n) is 4.24. The summed E-state index contributed by atoms with van der Waals surface area (Å²) < 4.78 is 0. The molecule has 1 saturated heterocycles. The monoisotopic (exact) mass is 424 g/mol. The zero-order valence-electron chi connectivity index (χ0n) is 18.8. The van der Waals surface area contributed by atoms with Crippen LogP contribution in [-0.4, -0.2) is 50.8 Å². The predicted molar refractivity (Wildman–Crippen MR) is 133 cm³/mol. The number of nitrogens with zero attached hydrogens (tertiary/aromatic N) is 3. The van der Waals surface area contributed by atoms with Gasteiger partial charge in [-0.25, -0.2) is 4.98 Å². The van der Waals surface area contributed by atoms with E-state index in [1.165, 1.54) is 36.0 Å². The Labute approximate surface area is 191 Å². The van der Waals surface area contributed by atoms with E-state index in [4.69, 9.17) is 7.85 Å². The van der Waals surface area contributed by atoms with Gasteiger partial charge in [-0.2, -0.15) is 0 Å². The van der Waals surface area contributed by atoms with E-state index in [0.29, 0.717) is 22.5 Å². The summed E-state index contributed by atoms with van der Waals surface area (Å²) in [7, 11) is 9.86. The number of anilines is 2. The van der Waals surface area contributed by atoms with Gasteiger partial charge in [-0.15, -0.1) is 0 Å². The van der Waals surface area contributed by atoms with Crippen LogP contribution in [0.4, 0.5) is 11.5 Å². The molecule has 162 valence electrons. The lowest BCUT2D eigenvalue weighted by Gasteiger charge is -2.27. The molecule has 2 aromatic carbocycles. The average molecular weight is 424 g/mol. The molecule has 1 aliphatic heterocycles. The number of hydrogen-bond acceptors (Lipinski definition) is 4. The number of amides is 1. The van der Waals surface area contributed by atoms with Crippen LogP contribution >= 0.6 is 0 Å². The first kappa shape index (κ1) is 22.1. The summed E-state index contributed by atoms with van der Waals surface area (Å²) in [5.41, 5.74) is 5.26. The van der Waals surface area contributed by atoms with Gasteiger partial charge in [0.15, 0.2) is 0 Å². The fourth-order valence-corrected chi connectivity index (χ4v) is 4.24. The molecule has 0 atom stereocenters. The van der Waals surface area contributed by atoms with Crippen molar-refractivity contribution in [2.75, 3.05) is 37.4 Å². The molecule has 6 heteroatoms. The van der Waals surface area contributed by atoms with Gasteiger partial charge >= 0.3 is 0 Å². The average Bonchev–Trinajstić information content (AvgIpc) is 2.80. The van der Waals surface area contributed by atoms with Crippen LogP contribution in [0.5, 0.6) is 0 Å². The maximum Gasteiger partial charge on any atom is 0.255 e. The molecule has 1 N–H and O–H groups in total. The number of rotatable bonds is 6. The first-order chi connectivity index (χ1) is 15.5. The van der Waals surface area contributed by atoms with E-state index >= 15 is 0 Å². The van der Waals surface area contributed by atoms with Crippen LogP contribution in [0.1, 0.15) is 35.2 Å². The Morgan fingerprint density at radius 1 is 1.06 bits per heavy atom. The van der Waals surface area contributed by atoms with E-state index in [0.717, 1.165) is 19.6 Å². The number of piperidine rings is 1. The molecule has 3 aromatic rings. The molecule has 0 unspecified atom stereocenters. The van der Waals surface area contributed by atoms with E-state index in [2.05, 4.69) is 45.5 Å². The van der Waals surface area contributed by atoms with Gasteiger partial charge in [0.1, 0.15) is 13.7 Å². The molecule has 1 fully saturated rings. The largest absolute Gasteiger partial charge is 0.363 e. The van der Waals surface area contributed by atoms with Gasteiger partial charge in [0.05, 0.1) is 11.9 Å². The highest BCUT2D eigenvalue weighted by Crippen LogP contribution is 2.27. The molecule has 1 amide bonds. The predicted octanol–water partition coefficient (Wildman–Crippen LogP) is 3.85. The summed E-state index contributed by atoms with van der Waals surface area (Å²) in [5, 5.41) is 2.94. The van der Waals surface area contributed by atoms with Crippen LogP contribution in [-0.2, 0) is 6.54 Å². The standard InChI is InChI=1S/C26H29BN4O/c1-30(2)25-24(27)16-22(17-28-25)29-26(32)20-11-12-23(19-9-5-3-6-10-19)21(15-20)18-31-13-7-4-8-14-31/h3,5-6,9-12,15-17H,4,7-8,13-14,18H2,1-2H3,(H,29,32). The van der Waals surface area contributed by atoms with Gasteiger partial charge in [0.2, 0.25) is 0 Å². The van der Waals surface area contributed by atoms with Gasteiger partial charge in [0, 0.05) is 26.2 Å². The number of nitrogens with one attached hydrogen (secondary N) is 1. The normalized spacial score (nSPS) is 14.2. The minimum atomic E-state index is -0.164. The first-order valence-corrected chi connectivity index (χ1v) is 11.2. The van der Waals surface area contributed by atoms with Gasteiger partial charge < -0.3 is 10.2 Å². The molecule has 32 heavy (non-hydrogen) atoms. The van der Waals surface area contributed by atoms with E-state index < -0.39 is 0 Å². The Bertz CT molecular complexity index is 1080. The summed E-state index contributed by atoms with van der Waals surface area (Å²) in [6.45, 7) is 3.05. The molecule has 4 rings (SSSR count). The number of benzene rings is 2. The second-order valence-corrected chi connectivity index (χ2v) is 8.56. The highest BCUT2D eigenvalue weighted by molar-refractivity contribution is 6.35. The van der Waals surface area contributed by atoms with Crippen molar-refractivity contribution < 1.29 is 4.79 Å². The van der Waals surface area contributed by atoms with Crippen LogP contribution in [0.15, 0.2) is 60.8 Å². The second kappa shape index (κ2) is 10.0. The van der Waals surface area contributed by atoms with Gasteiger partial charge in [-0.3, -0.25) is 9.69 Å². The van der Waals surface area contributed by atoms with Crippen molar-refractivity contribution in [3.05, 3.63) is 71.9 Å². The highest BCUT2D eigenvalue weighted by Gasteiger charge is 2.16. The maximum absolute atomic E-state index is 13.0. The van der Waals surface area contributed by atoms with E-state index in [1.807, 2.05) is 37.2 Å². The Balaban J connectivity index is 1.60. The lowest BCUT2D eigenvalue weighted by molar-refractivity contribution is 0.102. The van der Waals surface area contributed by atoms with Crippen LogP contribution in [0, 0.1) is 0 Å². The molecule has 1 aliphatic rings. The van der Waals surface area contributed by atoms with E-state index in [1.54, 1.807) is 12.3 Å². The van der Waals surface area contributed by atoms with Crippen molar-refractivity contribution in [3.8, 4) is 11.1 Å². The van der Waals surface area contributed by atoms with Crippen LogP contribution in [0.3, 0.4) is 0 Å². The van der Waals surface area contributed by atoms with Crippen LogP contribution in [0.2, 0.25) is 0 Å². The van der Waals surface area contributed by atoms with Gasteiger partial charge in [-0.05, 0) is 60.8 Å². The molecule has 0 spiro atoms. The molecule has 0 aliphatic carbocycles. The minimum Gasteiger partial charge on any atom is -0.363 e. The molecule has 1 aromatic heterocycles. The van der Waals surface area contributed by atoms with Crippen molar-refractivity contribution in [1.29, 1.82) is 0 Å². The third-order valence-corrected chi connectivity index (χ3v) is 5.87. The minimum absolute atomic E-state index is 0.164. The lowest BCUT2D eigenvalue weighted by Crippen LogP contribution is -2.29. The number of carbonyl (C=O) groups is 1. The molecule has 0 bridgehead atoms. The molecular weight excluding hydrogens is 395 g/mol. The maximum atomic E-state index is 13.0. The number of likely N-dealkylation sites (tertiary alicyclic amines) is 1. The summed E-state index contributed by atoms with van der Waals surface area (Å²) in [4.78, 5) is 21.7. The second-order valence-electron chi connectivity index (χ2n) is 8.56. The topological polar surface area (TPSA) is 48.5 Å². The molecule has 5 nitrogen and oxygen atoms in total. The van der Waals surface area contributed by atoms with E-state index in [-0.39, 0.29) is 5.91 Å². The summed E-state index contributed by atoms with van der Waals surface area (Å²) in [6, 6.07) is 18.1. The molecule has 2 radical (unpaired) electrons. The highest BCUT2D eigenvalue weighted by atomic mass is 16.1. The van der Waals surface area contributed by atoms with Gasteiger partial charge in [0.25, 0.3) is 5.91 Å². The zero-order valence-corrected chi connectivity index (χ0v) is 18.8. The van der Waals surface area contributed by atoms with Crippen molar-refractivity contribution in [1.82, 2.24) is 9.88 Å². The summed E-state index contributed by atoms with van der Waals surface area (Å²) in [5.74, 6) is 0.516. The van der Waals surface area contributed by atoms with Gasteiger partial charge in [-0.1, -0.05) is 48.3 Å². The molecule has 2 heterocycles. The third-order valence-electron chi connectivity index (χ3n) is 5.87. The quantitative estimate of drug-likeness (QED) is 0.611. The number of pyridine rings is 1. The van der Waals surface area contributed by atoms with Crippen molar-refractivity contribution in [3.63, 3.8) is 0 Å². The Morgan fingerprint density at radius 2 is 1.81 bits per heavy atom. The van der Waals surface area contributed by atoms with Crippen molar-refractivity contribution in [2.24, 2.45) is 0 Å². The number of carbonyl (C=O) groups excluding carboxylic acids is 1. The SMILES string of the molecule is [B]c1cc(NC(=O)c2ccc(-c3ccccc3)c(CN3CCCCC3)c2)cnc1N(C)C. The zero-order chi connectivity index (χ0) is 22.5. The molecule has 0 saturated carbocycles. The Kier molecular flexibility index (Phi) is 6.91. The first-order valence-electron chi connectivity index (χ1n) is 11.2. The lowest BCUT2D eigenvalue weighted by atomic mass is 9.95. The third kappa shape index (κ3) is 5.20. The Hall–Kier alpha value is -3.12. The van der Waals surface area contributed by atoms with E-state index in [9.17, 15) is 4.79 Å². The summed E-state index contributed by atoms with van der Waals surface area (Å²) in [6.07, 6.45) is 5.40.